The maximum absolute atomic E-state index is 13.6. The van der Waals surface area contributed by atoms with E-state index in [2.05, 4.69) is 38.1 Å². The van der Waals surface area contributed by atoms with Crippen LogP contribution in [0, 0.1) is 0 Å². The molecule has 0 atom stereocenters. The fraction of sp³-hybridized carbons (Fsp3) is 0.172. The molecule has 1 N–H and O–H groups in total. The first kappa shape index (κ1) is 24.2. The monoisotopic (exact) mass is 485 g/mol. The largest absolute Gasteiger partial charge is 0.481 e. The molecule has 0 bridgehead atoms. The summed E-state index contributed by atoms with van der Waals surface area (Å²) in [5, 5.41) is 8.99. The number of aromatic nitrogens is 1. The molecule has 0 radical (unpaired) electrons. The molecule has 0 spiro atoms. The summed E-state index contributed by atoms with van der Waals surface area (Å²) in [7, 11) is 0. The second kappa shape index (κ2) is 11.0. The van der Waals surface area contributed by atoms with Crippen molar-refractivity contribution in [3.63, 3.8) is 0 Å². The Balaban J connectivity index is 1.89. The van der Waals surface area contributed by atoms with Crippen molar-refractivity contribution in [1.29, 1.82) is 0 Å². The molecule has 0 unspecified atom stereocenters. The van der Waals surface area contributed by atoms with Gasteiger partial charge in [-0.3, -0.25) is 9.36 Å². The number of rotatable bonds is 8. The molecule has 0 aliphatic rings. The summed E-state index contributed by atoms with van der Waals surface area (Å²) < 4.78 is 8.50. The average molecular weight is 486 g/mol. The molecule has 0 aliphatic carbocycles. The number of hydrogen-bond donors (Lipinski definition) is 1. The quantitative estimate of drug-likeness (QED) is 0.407. The minimum absolute atomic E-state index is 0.135. The highest BCUT2D eigenvalue weighted by Crippen LogP contribution is 2.18. The first-order valence-corrected chi connectivity index (χ1v) is 12.4. The van der Waals surface area contributed by atoms with E-state index >= 15 is 0 Å². The van der Waals surface area contributed by atoms with Gasteiger partial charge in [0.2, 0.25) is 0 Å². The van der Waals surface area contributed by atoms with Gasteiger partial charge < -0.3 is 9.84 Å². The summed E-state index contributed by atoms with van der Waals surface area (Å²) in [6, 6.07) is 23.5. The number of carbonyl (C=O) groups is 1. The van der Waals surface area contributed by atoms with E-state index in [1.54, 1.807) is 22.8 Å². The van der Waals surface area contributed by atoms with Crippen LogP contribution >= 0.6 is 11.3 Å². The first-order chi connectivity index (χ1) is 17.0. The van der Waals surface area contributed by atoms with Crippen LogP contribution in [0.15, 0.2) is 77.6 Å². The number of nitrogens with zero attached hydrogens (tertiary/aromatic N) is 1. The van der Waals surface area contributed by atoms with Gasteiger partial charge in [-0.25, -0.2) is 4.79 Å². The zero-order valence-electron chi connectivity index (χ0n) is 19.7. The van der Waals surface area contributed by atoms with Crippen molar-refractivity contribution >= 4 is 29.5 Å². The van der Waals surface area contributed by atoms with Gasteiger partial charge in [-0.05, 0) is 59.9 Å². The smallest absolute Gasteiger partial charge is 0.341 e. The Hall–Kier alpha value is -3.90. The zero-order valence-corrected chi connectivity index (χ0v) is 20.5. The van der Waals surface area contributed by atoms with E-state index in [1.165, 1.54) is 22.5 Å². The Morgan fingerprint density at radius 3 is 2.17 bits per heavy atom. The maximum Gasteiger partial charge on any atom is 0.341 e. The molecule has 0 saturated carbocycles. The van der Waals surface area contributed by atoms with Crippen molar-refractivity contribution in [1.82, 2.24) is 4.57 Å². The molecule has 5 nitrogen and oxygen atoms in total. The molecule has 6 heteroatoms. The lowest BCUT2D eigenvalue weighted by Gasteiger charge is -2.06. The van der Waals surface area contributed by atoms with Crippen LogP contribution in [0.1, 0.15) is 36.1 Å². The van der Waals surface area contributed by atoms with E-state index < -0.39 is 12.6 Å². The number of carboxylic acids is 1. The van der Waals surface area contributed by atoms with Gasteiger partial charge in [0.1, 0.15) is 10.4 Å². The predicted molar refractivity (Wildman–Crippen MR) is 141 cm³/mol. The van der Waals surface area contributed by atoms with Gasteiger partial charge >= 0.3 is 5.97 Å². The highest BCUT2D eigenvalue weighted by atomic mass is 32.1. The predicted octanol–water partition coefficient (Wildman–Crippen LogP) is 4.14. The standard InChI is InChI=1S/C29H27NO4S/c1-3-20-9-11-22(12-10-20)17-27-30(24-15-13-21(4-2)14-16-24)29(33)26(35-27)18-23-7-5-6-8-25(23)34-19-28(31)32/h5-18H,3-4,19H2,1-2H3,(H,31,32)/b26-18-,27-17-. The molecule has 0 aliphatic heterocycles. The minimum atomic E-state index is -1.06. The Morgan fingerprint density at radius 2 is 1.54 bits per heavy atom. The summed E-state index contributed by atoms with van der Waals surface area (Å²) in [4.78, 5) is 24.6. The molecule has 3 aromatic carbocycles. The zero-order chi connectivity index (χ0) is 24.8. The molecule has 0 fully saturated rings. The number of aryl methyl sites for hydroxylation is 2. The lowest BCUT2D eigenvalue weighted by molar-refractivity contribution is -0.139. The summed E-state index contributed by atoms with van der Waals surface area (Å²) in [6.07, 6.45) is 5.67. The summed E-state index contributed by atoms with van der Waals surface area (Å²) in [5.74, 6) is -0.637. The van der Waals surface area contributed by atoms with Crippen molar-refractivity contribution in [2.45, 2.75) is 26.7 Å². The lowest BCUT2D eigenvalue weighted by Crippen LogP contribution is -2.30. The van der Waals surface area contributed by atoms with Gasteiger partial charge in [0.15, 0.2) is 6.61 Å². The lowest BCUT2D eigenvalue weighted by atomic mass is 10.1. The van der Waals surface area contributed by atoms with E-state index in [9.17, 15) is 9.59 Å². The molecule has 1 heterocycles. The van der Waals surface area contributed by atoms with E-state index in [-0.39, 0.29) is 5.56 Å². The van der Waals surface area contributed by atoms with Gasteiger partial charge in [0.25, 0.3) is 5.56 Å². The molecule has 0 saturated heterocycles. The van der Waals surface area contributed by atoms with Crippen LogP contribution in [-0.4, -0.2) is 22.2 Å². The number of thiazole rings is 1. The first-order valence-electron chi connectivity index (χ1n) is 11.6. The second-order valence-corrected chi connectivity index (χ2v) is 9.13. The molecule has 1 aromatic heterocycles. The van der Waals surface area contributed by atoms with Gasteiger partial charge in [-0.15, -0.1) is 11.3 Å². The Bertz CT molecular complexity index is 1500. The number of para-hydroxylation sites is 1. The van der Waals surface area contributed by atoms with E-state index in [1.807, 2.05) is 42.5 Å². The summed E-state index contributed by atoms with van der Waals surface area (Å²) in [5.41, 5.74) is 4.79. The topological polar surface area (TPSA) is 68.5 Å². The third-order valence-corrected chi connectivity index (χ3v) is 6.71. The molecule has 35 heavy (non-hydrogen) atoms. The van der Waals surface area contributed by atoms with Crippen molar-refractivity contribution in [3.05, 3.63) is 115 Å². The van der Waals surface area contributed by atoms with Gasteiger partial charge in [0, 0.05) is 5.56 Å². The van der Waals surface area contributed by atoms with E-state index in [0.29, 0.717) is 15.8 Å². The number of ether oxygens (including phenoxy) is 1. The van der Waals surface area contributed by atoms with Crippen LogP contribution in [0.2, 0.25) is 0 Å². The molecular weight excluding hydrogens is 458 g/mol. The number of benzene rings is 3. The van der Waals surface area contributed by atoms with Crippen LogP contribution in [-0.2, 0) is 17.6 Å². The summed E-state index contributed by atoms with van der Waals surface area (Å²) in [6.45, 7) is 3.77. The average Bonchev–Trinajstić information content (AvgIpc) is 3.18. The fourth-order valence-corrected chi connectivity index (χ4v) is 4.79. The highest BCUT2D eigenvalue weighted by molar-refractivity contribution is 7.07. The van der Waals surface area contributed by atoms with Crippen LogP contribution in [0.3, 0.4) is 0 Å². The molecule has 178 valence electrons. The summed E-state index contributed by atoms with van der Waals surface area (Å²) >= 11 is 1.39. The third kappa shape index (κ3) is 5.78. The number of hydrogen-bond acceptors (Lipinski definition) is 4. The van der Waals surface area contributed by atoms with Crippen LogP contribution in [0.5, 0.6) is 5.75 Å². The van der Waals surface area contributed by atoms with Crippen LogP contribution < -0.4 is 19.5 Å². The van der Waals surface area contributed by atoms with E-state index in [0.717, 1.165) is 28.8 Å². The van der Waals surface area contributed by atoms with Crippen LogP contribution in [0.25, 0.3) is 17.8 Å². The Labute approximate surface area is 207 Å². The fourth-order valence-electron chi connectivity index (χ4n) is 3.73. The number of aliphatic carboxylic acids is 1. The second-order valence-electron chi connectivity index (χ2n) is 8.07. The number of carboxylic acid groups (broad SMARTS) is 1. The highest BCUT2D eigenvalue weighted by Gasteiger charge is 2.10. The molecule has 0 amide bonds. The van der Waals surface area contributed by atoms with E-state index in [4.69, 9.17) is 9.84 Å². The van der Waals surface area contributed by atoms with Gasteiger partial charge in [0.05, 0.1) is 10.2 Å². The van der Waals surface area contributed by atoms with Crippen molar-refractivity contribution in [2.75, 3.05) is 6.61 Å². The molecule has 4 aromatic rings. The van der Waals surface area contributed by atoms with Gasteiger partial charge in [-0.1, -0.05) is 68.4 Å². The Kier molecular flexibility index (Phi) is 7.63. The molecular formula is C29H27NO4S. The van der Waals surface area contributed by atoms with Crippen LogP contribution in [0.4, 0.5) is 0 Å². The minimum Gasteiger partial charge on any atom is -0.481 e. The SMILES string of the molecule is CCc1ccc(/C=c2\s/c(=C\c3ccccc3OCC(=O)O)c(=O)n2-c2ccc(CC)cc2)cc1. The maximum atomic E-state index is 13.6. The third-order valence-electron chi connectivity index (χ3n) is 5.69. The molecule has 4 rings (SSSR count). The van der Waals surface area contributed by atoms with Crippen molar-refractivity contribution < 1.29 is 14.6 Å². The van der Waals surface area contributed by atoms with Crippen molar-refractivity contribution in [2.24, 2.45) is 0 Å². The Morgan fingerprint density at radius 1 is 0.914 bits per heavy atom. The van der Waals surface area contributed by atoms with Crippen molar-refractivity contribution in [3.8, 4) is 11.4 Å². The normalized spacial score (nSPS) is 12.2. The van der Waals surface area contributed by atoms with Gasteiger partial charge in [-0.2, -0.15) is 0 Å².